The Labute approximate surface area is 297 Å². The Morgan fingerprint density at radius 3 is 1.96 bits per heavy atom. The van der Waals surface area contributed by atoms with Gasteiger partial charge < -0.3 is 0 Å². The van der Waals surface area contributed by atoms with E-state index in [1.807, 2.05) is 24.5 Å². The van der Waals surface area contributed by atoms with E-state index in [1.165, 1.54) is 49.5 Å². The van der Waals surface area contributed by atoms with Crippen molar-refractivity contribution in [2.24, 2.45) is 0 Å². The van der Waals surface area contributed by atoms with Gasteiger partial charge in [0.15, 0.2) is 5.82 Å². The minimum Gasteiger partial charge on any atom is -0.264 e. The average molecular weight is 652 g/mol. The quantitative estimate of drug-likeness (QED) is 0.190. The van der Waals surface area contributed by atoms with Crippen molar-refractivity contribution < 1.29 is 0 Å². The molecule has 0 N–H and O–H groups in total. The fraction of sp³-hybridized carbons (Fsp3) is 0.0625. The number of rotatable bonds is 4. The van der Waals surface area contributed by atoms with Gasteiger partial charge in [-0.05, 0) is 84.6 Å². The summed E-state index contributed by atoms with van der Waals surface area (Å²) >= 11 is 0. The van der Waals surface area contributed by atoms with E-state index in [0.717, 1.165) is 44.2 Å². The lowest BCUT2D eigenvalue weighted by Crippen LogP contribution is -2.14. The van der Waals surface area contributed by atoms with Gasteiger partial charge in [0, 0.05) is 39.9 Å². The fourth-order valence-corrected chi connectivity index (χ4v) is 8.22. The van der Waals surface area contributed by atoms with Gasteiger partial charge in [-0.25, -0.2) is 9.97 Å². The second-order valence-corrected chi connectivity index (χ2v) is 14.0. The third kappa shape index (κ3) is 4.62. The summed E-state index contributed by atoms with van der Waals surface area (Å²) in [4.78, 5) is 14.9. The van der Waals surface area contributed by atoms with E-state index in [-0.39, 0.29) is 5.41 Å². The van der Waals surface area contributed by atoms with Gasteiger partial charge in [-0.1, -0.05) is 141 Å². The van der Waals surface area contributed by atoms with E-state index >= 15 is 0 Å². The summed E-state index contributed by atoms with van der Waals surface area (Å²) in [5, 5.41) is 7.12. The van der Waals surface area contributed by atoms with Gasteiger partial charge in [0.2, 0.25) is 0 Å². The number of pyridine rings is 1. The maximum atomic E-state index is 5.27. The summed E-state index contributed by atoms with van der Waals surface area (Å²) in [5.74, 6) is 0.705. The number of aromatic nitrogens is 3. The summed E-state index contributed by atoms with van der Waals surface area (Å²) in [5.41, 5.74) is 12.7. The highest BCUT2D eigenvalue weighted by Gasteiger charge is 2.38. The minimum absolute atomic E-state index is 0.110. The Morgan fingerprint density at radius 2 is 1.12 bits per heavy atom. The number of nitrogens with zero attached hydrogens (tertiary/aromatic N) is 3. The van der Waals surface area contributed by atoms with Crippen LogP contribution in [0.1, 0.15) is 25.0 Å². The molecule has 9 aromatic rings. The predicted molar refractivity (Wildman–Crippen MR) is 212 cm³/mol. The van der Waals surface area contributed by atoms with Crippen molar-refractivity contribution in [3.63, 3.8) is 0 Å². The fourth-order valence-electron chi connectivity index (χ4n) is 8.22. The lowest BCUT2D eigenvalue weighted by Gasteiger charge is -2.22. The Bertz CT molecular complexity index is 2830. The first-order valence-corrected chi connectivity index (χ1v) is 17.5. The summed E-state index contributed by atoms with van der Waals surface area (Å²) < 4.78 is 0. The molecule has 0 saturated heterocycles. The molecule has 0 amide bonds. The molecule has 2 heterocycles. The van der Waals surface area contributed by atoms with Gasteiger partial charge in [-0.2, -0.15) is 0 Å². The number of benzene rings is 7. The Balaban J connectivity index is 1.20. The molecule has 0 bridgehead atoms. The van der Waals surface area contributed by atoms with E-state index in [9.17, 15) is 0 Å². The van der Waals surface area contributed by atoms with Crippen molar-refractivity contribution in [3.05, 3.63) is 175 Å². The molecule has 3 nitrogen and oxygen atoms in total. The molecule has 0 spiro atoms. The molecule has 0 saturated carbocycles. The van der Waals surface area contributed by atoms with Crippen LogP contribution in [0.3, 0.4) is 0 Å². The molecule has 1 aliphatic carbocycles. The zero-order valence-electron chi connectivity index (χ0n) is 28.4. The van der Waals surface area contributed by atoms with Crippen molar-refractivity contribution in [1.29, 1.82) is 0 Å². The zero-order chi connectivity index (χ0) is 34.1. The first-order chi connectivity index (χ1) is 25.0. The van der Waals surface area contributed by atoms with Crippen LogP contribution in [-0.2, 0) is 5.41 Å². The maximum absolute atomic E-state index is 5.27. The van der Waals surface area contributed by atoms with Crippen LogP contribution in [0.15, 0.2) is 164 Å². The molecule has 0 radical (unpaired) electrons. The third-order valence-corrected chi connectivity index (χ3v) is 10.8. The standard InChI is InChI=1S/C48H33N3/c1-48(2)41-18-10-17-39(46(41)45-35-14-7-6-11-31(35)21-24-42(45)48)38-22-23-40(37-16-9-8-15-36(37)38)47-50-43(32-12-4-3-5-13-32)28-44(51-47)33-20-19-30-25-26-49-29-34(30)27-33/h3-29H,1-2H3. The van der Waals surface area contributed by atoms with Crippen molar-refractivity contribution in [3.8, 4) is 56.2 Å². The first-order valence-electron chi connectivity index (χ1n) is 17.5. The average Bonchev–Trinajstić information content (AvgIpc) is 3.43. The SMILES string of the molecule is CC1(C)c2cccc(-c3ccc(-c4nc(-c5ccccc5)cc(-c5ccc6ccncc6c5)n4)c4ccccc34)c2-c2c1ccc1ccccc21. The Kier molecular flexibility index (Phi) is 6.53. The van der Waals surface area contributed by atoms with Crippen LogP contribution in [0.5, 0.6) is 0 Å². The van der Waals surface area contributed by atoms with E-state index in [4.69, 9.17) is 9.97 Å². The van der Waals surface area contributed by atoms with Gasteiger partial charge >= 0.3 is 0 Å². The molecule has 0 unspecified atom stereocenters. The molecular weight excluding hydrogens is 619 g/mol. The summed E-state index contributed by atoms with van der Waals surface area (Å²) in [6.45, 7) is 4.72. The highest BCUT2D eigenvalue weighted by molar-refractivity contribution is 6.11. The van der Waals surface area contributed by atoms with Crippen molar-refractivity contribution in [2.45, 2.75) is 19.3 Å². The normalized spacial score (nSPS) is 13.1. The second-order valence-electron chi connectivity index (χ2n) is 14.0. The van der Waals surface area contributed by atoms with Crippen LogP contribution in [0.4, 0.5) is 0 Å². The zero-order valence-corrected chi connectivity index (χ0v) is 28.4. The molecule has 51 heavy (non-hydrogen) atoms. The van der Waals surface area contributed by atoms with Crippen LogP contribution < -0.4 is 0 Å². The van der Waals surface area contributed by atoms with E-state index in [1.54, 1.807) is 0 Å². The third-order valence-electron chi connectivity index (χ3n) is 10.8. The first kappa shape index (κ1) is 29.5. The van der Waals surface area contributed by atoms with Gasteiger partial charge in [-0.15, -0.1) is 0 Å². The number of hydrogen-bond donors (Lipinski definition) is 0. The number of fused-ring (bicyclic) bond motifs is 7. The summed E-state index contributed by atoms with van der Waals surface area (Å²) in [6.07, 6.45) is 3.74. The molecule has 1 aliphatic rings. The molecule has 0 atom stereocenters. The number of hydrogen-bond acceptors (Lipinski definition) is 3. The van der Waals surface area contributed by atoms with Gasteiger partial charge in [0.05, 0.1) is 11.4 Å². The Morgan fingerprint density at radius 1 is 0.431 bits per heavy atom. The van der Waals surface area contributed by atoms with Crippen LogP contribution in [0.2, 0.25) is 0 Å². The molecule has 10 rings (SSSR count). The highest BCUT2D eigenvalue weighted by Crippen LogP contribution is 2.55. The Hall–Kier alpha value is -6.45. The van der Waals surface area contributed by atoms with Crippen LogP contribution >= 0.6 is 0 Å². The van der Waals surface area contributed by atoms with Crippen molar-refractivity contribution >= 4 is 32.3 Å². The molecule has 240 valence electrons. The molecule has 0 fully saturated rings. The van der Waals surface area contributed by atoms with Crippen LogP contribution in [0, 0.1) is 0 Å². The smallest absolute Gasteiger partial charge is 0.161 e. The van der Waals surface area contributed by atoms with Gasteiger partial charge in [-0.3, -0.25) is 4.98 Å². The molecule has 7 aromatic carbocycles. The summed E-state index contributed by atoms with van der Waals surface area (Å²) in [6, 6.07) is 54.4. The van der Waals surface area contributed by atoms with E-state index in [2.05, 4.69) is 158 Å². The van der Waals surface area contributed by atoms with Crippen molar-refractivity contribution in [2.75, 3.05) is 0 Å². The van der Waals surface area contributed by atoms with E-state index < -0.39 is 0 Å². The van der Waals surface area contributed by atoms with Crippen molar-refractivity contribution in [1.82, 2.24) is 15.0 Å². The molecule has 3 heteroatoms. The molecular formula is C48H33N3. The molecule has 0 aliphatic heterocycles. The van der Waals surface area contributed by atoms with Crippen LogP contribution in [-0.4, -0.2) is 15.0 Å². The largest absolute Gasteiger partial charge is 0.264 e. The maximum Gasteiger partial charge on any atom is 0.161 e. The molecule has 2 aromatic heterocycles. The summed E-state index contributed by atoms with van der Waals surface area (Å²) in [7, 11) is 0. The predicted octanol–water partition coefficient (Wildman–Crippen LogP) is 12.3. The second kappa shape index (κ2) is 11.3. The van der Waals surface area contributed by atoms with Crippen LogP contribution in [0.25, 0.3) is 88.5 Å². The highest BCUT2D eigenvalue weighted by atomic mass is 14.9. The lowest BCUT2D eigenvalue weighted by atomic mass is 9.81. The minimum atomic E-state index is -0.110. The van der Waals surface area contributed by atoms with Gasteiger partial charge in [0.1, 0.15) is 0 Å². The van der Waals surface area contributed by atoms with Gasteiger partial charge in [0.25, 0.3) is 0 Å². The van der Waals surface area contributed by atoms with E-state index in [0.29, 0.717) is 5.82 Å². The lowest BCUT2D eigenvalue weighted by molar-refractivity contribution is 0.661. The monoisotopic (exact) mass is 651 g/mol. The topological polar surface area (TPSA) is 38.7 Å².